The van der Waals surface area contributed by atoms with Gasteiger partial charge in [0.1, 0.15) is 0 Å². The Morgan fingerprint density at radius 3 is 2.00 bits per heavy atom. The first-order valence-corrected chi connectivity index (χ1v) is 10.7. The molecule has 0 aliphatic rings. The predicted molar refractivity (Wildman–Crippen MR) is 81.3 cm³/mol. The zero-order valence-electron chi connectivity index (χ0n) is 9.46. The zero-order chi connectivity index (χ0) is 14.0. The van der Waals surface area contributed by atoms with Crippen molar-refractivity contribution in [1.82, 2.24) is 0 Å². The van der Waals surface area contributed by atoms with Crippen LogP contribution in [0.3, 0.4) is 0 Å². The van der Waals surface area contributed by atoms with Gasteiger partial charge in [0.15, 0.2) is 0 Å². The predicted octanol–water partition coefficient (Wildman–Crippen LogP) is 6.10. The Morgan fingerprint density at radius 2 is 1.47 bits per heavy atom. The molecular weight excluding hydrogens is 404 g/mol. The normalized spacial score (nSPS) is 11.9. The lowest BCUT2D eigenvalue weighted by atomic mass is 10.0. The number of rotatable bonds is 2. The second-order valence-electron chi connectivity index (χ2n) is 3.80. The fourth-order valence-electron chi connectivity index (χ4n) is 1.81. The molecule has 6 heteroatoms. The maximum atomic E-state index is 13.1. The second kappa shape index (κ2) is 5.94. The molecule has 0 N–H and O–H groups in total. The van der Waals surface area contributed by atoms with Gasteiger partial charge in [-0.15, -0.1) is 0 Å². The van der Waals surface area contributed by atoms with Gasteiger partial charge >= 0.3 is 6.18 Å². The summed E-state index contributed by atoms with van der Waals surface area (Å²) in [7, 11) is 0. The number of alkyl halides is 3. The van der Waals surface area contributed by atoms with E-state index in [1.54, 1.807) is 18.2 Å². The molecule has 2 aromatic rings. The van der Waals surface area contributed by atoms with Gasteiger partial charge in [-0.05, 0) is 48.2 Å². The van der Waals surface area contributed by atoms with Crippen LogP contribution in [0.4, 0.5) is 13.2 Å². The lowest BCUT2D eigenvalue weighted by Gasteiger charge is -2.17. The summed E-state index contributed by atoms with van der Waals surface area (Å²) in [5, 5.41) is -0.960. The Balaban J connectivity index is 2.69. The van der Waals surface area contributed by atoms with Crippen LogP contribution in [0.25, 0.3) is 11.1 Å². The standard InChI is InChI=1S/C13H8Br2F3P/c14-19(15)12-10(9-5-2-1-3-6-9)7-4-8-11(12)13(16,17)18/h1-8H. The molecule has 2 rings (SSSR count). The second-order valence-corrected chi connectivity index (χ2v) is 11.8. The minimum absolute atomic E-state index is 0.260. The van der Waals surface area contributed by atoms with E-state index in [2.05, 4.69) is 31.0 Å². The van der Waals surface area contributed by atoms with E-state index >= 15 is 0 Å². The minimum Gasteiger partial charge on any atom is -0.166 e. The molecule has 0 atom stereocenters. The summed E-state index contributed by atoms with van der Waals surface area (Å²) in [5.74, 6) is 0. The van der Waals surface area contributed by atoms with Crippen LogP contribution in [0, 0.1) is 0 Å². The van der Waals surface area contributed by atoms with Gasteiger partial charge in [-0.1, -0.05) is 42.5 Å². The quantitative estimate of drug-likeness (QED) is 0.524. The molecule has 0 bridgehead atoms. The van der Waals surface area contributed by atoms with Crippen molar-refractivity contribution in [3.05, 3.63) is 54.1 Å². The monoisotopic (exact) mass is 410 g/mol. The fourth-order valence-corrected chi connectivity index (χ4v) is 4.87. The Hall–Kier alpha value is -0.380. The van der Waals surface area contributed by atoms with E-state index in [0.29, 0.717) is 5.56 Å². The first-order valence-electron chi connectivity index (χ1n) is 5.28. The SMILES string of the molecule is FC(F)(F)c1cccc(-c2ccccc2)c1P(Br)Br. The fraction of sp³-hybridized carbons (Fsp3) is 0.0769. The highest BCUT2D eigenvalue weighted by Crippen LogP contribution is 2.55. The van der Waals surface area contributed by atoms with Gasteiger partial charge in [-0.25, -0.2) is 0 Å². The van der Waals surface area contributed by atoms with Crippen LogP contribution >= 0.6 is 36.3 Å². The summed E-state index contributed by atoms with van der Waals surface area (Å²) < 4.78 is 39.2. The van der Waals surface area contributed by atoms with E-state index in [4.69, 9.17) is 0 Å². The van der Waals surface area contributed by atoms with E-state index < -0.39 is 17.1 Å². The van der Waals surface area contributed by atoms with E-state index in [1.165, 1.54) is 6.07 Å². The lowest BCUT2D eigenvalue weighted by Crippen LogP contribution is -2.18. The van der Waals surface area contributed by atoms with Gasteiger partial charge in [0.2, 0.25) is 0 Å². The Morgan fingerprint density at radius 1 is 0.842 bits per heavy atom. The van der Waals surface area contributed by atoms with Crippen LogP contribution in [0.15, 0.2) is 48.5 Å². The van der Waals surface area contributed by atoms with Crippen molar-refractivity contribution in [2.75, 3.05) is 0 Å². The largest absolute Gasteiger partial charge is 0.417 e. The Bertz CT molecular complexity index is 568. The van der Waals surface area contributed by atoms with Crippen molar-refractivity contribution in [3.8, 4) is 11.1 Å². The molecule has 0 aromatic heterocycles. The molecule has 0 saturated carbocycles. The summed E-state index contributed by atoms with van der Waals surface area (Å²) in [5.41, 5.74) is 0.763. The van der Waals surface area contributed by atoms with Crippen LogP contribution < -0.4 is 5.30 Å². The Labute approximate surface area is 126 Å². The van der Waals surface area contributed by atoms with Gasteiger partial charge in [-0.2, -0.15) is 13.2 Å². The number of hydrogen-bond acceptors (Lipinski definition) is 0. The minimum atomic E-state index is -4.36. The number of halogens is 5. The van der Waals surface area contributed by atoms with Crippen molar-refractivity contribution >= 4 is 41.6 Å². The highest BCUT2D eigenvalue weighted by molar-refractivity contribution is 9.70. The summed E-state index contributed by atoms with van der Waals surface area (Å²) in [6, 6.07) is 13.3. The lowest BCUT2D eigenvalue weighted by molar-refractivity contribution is -0.136. The van der Waals surface area contributed by atoms with E-state index in [-0.39, 0.29) is 5.30 Å². The van der Waals surface area contributed by atoms with E-state index in [1.807, 2.05) is 18.2 Å². The van der Waals surface area contributed by atoms with Gasteiger partial charge in [0.25, 0.3) is 0 Å². The summed E-state index contributed by atoms with van der Waals surface area (Å²) in [6.07, 6.45) is -4.36. The van der Waals surface area contributed by atoms with Gasteiger partial charge in [-0.3, -0.25) is 0 Å². The molecule has 0 amide bonds. The molecule has 0 radical (unpaired) electrons. The van der Waals surface area contributed by atoms with E-state index in [0.717, 1.165) is 11.6 Å². The molecule has 0 aliphatic heterocycles. The maximum Gasteiger partial charge on any atom is 0.417 e. The molecule has 0 unspecified atom stereocenters. The van der Waals surface area contributed by atoms with Gasteiger partial charge in [0.05, 0.1) is 10.9 Å². The smallest absolute Gasteiger partial charge is 0.166 e. The van der Waals surface area contributed by atoms with Crippen LogP contribution in [0.1, 0.15) is 5.56 Å². The van der Waals surface area contributed by atoms with Crippen LogP contribution in [-0.4, -0.2) is 0 Å². The molecule has 2 aromatic carbocycles. The molecule has 0 nitrogen and oxygen atoms in total. The maximum absolute atomic E-state index is 13.1. The highest BCUT2D eigenvalue weighted by Gasteiger charge is 2.35. The molecule has 100 valence electrons. The average molecular weight is 412 g/mol. The van der Waals surface area contributed by atoms with Crippen molar-refractivity contribution < 1.29 is 13.2 Å². The summed E-state index contributed by atoms with van der Waals surface area (Å²) in [4.78, 5) is 0. The number of hydrogen-bond donors (Lipinski definition) is 0. The van der Waals surface area contributed by atoms with Crippen molar-refractivity contribution in [3.63, 3.8) is 0 Å². The van der Waals surface area contributed by atoms with Crippen molar-refractivity contribution in [2.24, 2.45) is 0 Å². The molecule has 0 heterocycles. The highest BCUT2D eigenvalue weighted by atomic mass is 79.9. The first-order chi connectivity index (χ1) is 8.91. The third kappa shape index (κ3) is 3.39. The molecule has 19 heavy (non-hydrogen) atoms. The molecule has 0 saturated heterocycles. The van der Waals surface area contributed by atoms with Crippen LogP contribution in [0.2, 0.25) is 0 Å². The molecular formula is C13H8Br2F3P. The number of benzene rings is 2. The van der Waals surface area contributed by atoms with Crippen LogP contribution in [-0.2, 0) is 6.18 Å². The third-order valence-electron chi connectivity index (χ3n) is 2.60. The molecule has 0 fully saturated rings. The van der Waals surface area contributed by atoms with Crippen molar-refractivity contribution in [1.29, 1.82) is 0 Å². The van der Waals surface area contributed by atoms with Crippen molar-refractivity contribution in [2.45, 2.75) is 6.18 Å². The zero-order valence-corrected chi connectivity index (χ0v) is 13.5. The van der Waals surface area contributed by atoms with Crippen LogP contribution in [0.5, 0.6) is 0 Å². The topological polar surface area (TPSA) is 0 Å². The first kappa shape index (κ1) is 15.0. The van der Waals surface area contributed by atoms with E-state index in [9.17, 15) is 13.2 Å². The molecule has 0 spiro atoms. The summed E-state index contributed by atoms with van der Waals surface area (Å²) in [6.45, 7) is 0. The average Bonchev–Trinajstić information content (AvgIpc) is 2.37. The molecule has 0 aliphatic carbocycles. The Kier molecular flexibility index (Phi) is 4.70. The third-order valence-corrected chi connectivity index (χ3v) is 5.54. The summed E-state index contributed by atoms with van der Waals surface area (Å²) >= 11 is 6.51. The van der Waals surface area contributed by atoms with Gasteiger partial charge < -0.3 is 0 Å². The van der Waals surface area contributed by atoms with Gasteiger partial charge in [0, 0.05) is 5.30 Å².